The number of sulfonamides is 1. The van der Waals surface area contributed by atoms with Crippen LogP contribution in [0.3, 0.4) is 0 Å². The molecule has 0 atom stereocenters. The van der Waals surface area contributed by atoms with Crippen LogP contribution in [0.15, 0.2) is 35.4 Å². The molecule has 2 rings (SSSR count). The molecular weight excluding hydrogens is 318 g/mol. The molecule has 122 valence electrons. The summed E-state index contributed by atoms with van der Waals surface area (Å²) in [5.74, 6) is -1.49. The fourth-order valence-corrected chi connectivity index (χ4v) is 3.09. The average molecular weight is 335 g/mol. The highest BCUT2D eigenvalue weighted by Crippen LogP contribution is 2.15. The number of benzene rings is 1. The molecule has 0 aliphatic rings. The van der Waals surface area contributed by atoms with Crippen LogP contribution in [0.25, 0.3) is 0 Å². The van der Waals surface area contributed by atoms with Gasteiger partial charge in [0.1, 0.15) is 10.6 Å². The van der Waals surface area contributed by atoms with Crippen molar-refractivity contribution in [2.45, 2.75) is 18.7 Å². The number of hydrogen-bond acceptors (Lipinski definition) is 4. The van der Waals surface area contributed by atoms with E-state index in [1.165, 1.54) is 17.8 Å². The van der Waals surface area contributed by atoms with Gasteiger partial charge in [0.15, 0.2) is 0 Å². The maximum absolute atomic E-state index is 12.3. The van der Waals surface area contributed by atoms with E-state index in [0.29, 0.717) is 0 Å². The maximum atomic E-state index is 12.3. The van der Waals surface area contributed by atoms with Crippen LogP contribution in [0.2, 0.25) is 0 Å². The van der Waals surface area contributed by atoms with Crippen molar-refractivity contribution in [3.8, 4) is 0 Å². The van der Waals surface area contributed by atoms with Crippen molar-refractivity contribution < 1.29 is 18.0 Å². The summed E-state index contributed by atoms with van der Waals surface area (Å²) in [4.78, 5) is 23.1. The lowest BCUT2D eigenvalue weighted by molar-refractivity contribution is 0.0977. The van der Waals surface area contributed by atoms with E-state index in [1.807, 2.05) is 18.6 Å². The first-order valence-corrected chi connectivity index (χ1v) is 8.20. The minimum Gasteiger partial charge on any atom is -0.364 e. The van der Waals surface area contributed by atoms with Gasteiger partial charge in [0.25, 0.3) is 21.8 Å². The van der Waals surface area contributed by atoms with Crippen LogP contribution in [0.4, 0.5) is 0 Å². The summed E-state index contributed by atoms with van der Waals surface area (Å²) in [6, 6.07) is 6.02. The third kappa shape index (κ3) is 3.42. The highest BCUT2D eigenvalue weighted by molar-refractivity contribution is 7.90. The van der Waals surface area contributed by atoms with Gasteiger partial charge in [-0.05, 0) is 43.2 Å². The third-order valence-electron chi connectivity index (χ3n) is 3.54. The predicted octanol–water partition coefficient (Wildman–Crippen LogP) is 0.860. The Morgan fingerprint density at radius 2 is 1.78 bits per heavy atom. The van der Waals surface area contributed by atoms with Gasteiger partial charge in [-0.25, -0.2) is 13.1 Å². The molecule has 0 saturated heterocycles. The van der Waals surface area contributed by atoms with Crippen LogP contribution in [0.5, 0.6) is 0 Å². The molecule has 7 nitrogen and oxygen atoms in total. The molecule has 3 N–H and O–H groups in total. The molecule has 0 fully saturated rings. The molecule has 0 aliphatic heterocycles. The Hall–Kier alpha value is -2.61. The van der Waals surface area contributed by atoms with Crippen LogP contribution < -0.4 is 10.5 Å². The number of carbonyl (C=O) groups is 2. The molecule has 0 bridgehead atoms. The zero-order chi connectivity index (χ0) is 17.4. The summed E-state index contributed by atoms with van der Waals surface area (Å²) in [6.07, 6.45) is 1.22. The second-order valence-electron chi connectivity index (χ2n) is 5.27. The van der Waals surface area contributed by atoms with Gasteiger partial charge in [-0.1, -0.05) is 6.07 Å². The average Bonchev–Trinajstić information content (AvgIpc) is 2.84. The lowest BCUT2D eigenvalue weighted by atomic mass is 10.1. The van der Waals surface area contributed by atoms with Crippen molar-refractivity contribution in [3.63, 3.8) is 0 Å². The summed E-state index contributed by atoms with van der Waals surface area (Å²) in [6.45, 7) is 3.72. The van der Waals surface area contributed by atoms with Crippen LogP contribution in [0.1, 0.15) is 32.0 Å². The molecule has 0 spiro atoms. The predicted molar refractivity (Wildman–Crippen MR) is 84.5 cm³/mol. The van der Waals surface area contributed by atoms with Crippen molar-refractivity contribution in [1.29, 1.82) is 0 Å². The molecule has 0 unspecified atom stereocenters. The smallest absolute Gasteiger partial charge is 0.265 e. The van der Waals surface area contributed by atoms with Crippen molar-refractivity contribution >= 4 is 21.8 Å². The Morgan fingerprint density at radius 3 is 2.30 bits per heavy atom. The minimum absolute atomic E-state index is 0.0315. The van der Waals surface area contributed by atoms with Gasteiger partial charge >= 0.3 is 0 Å². The SMILES string of the molecule is Cc1ccc(C(=O)NS(=O)(=O)c2cc(C(N)=O)n(C)c2)cc1C. The maximum Gasteiger partial charge on any atom is 0.265 e. The van der Waals surface area contributed by atoms with Crippen molar-refractivity contribution in [2.24, 2.45) is 12.8 Å². The van der Waals surface area contributed by atoms with Crippen molar-refractivity contribution in [1.82, 2.24) is 9.29 Å². The molecule has 2 aromatic rings. The lowest BCUT2D eigenvalue weighted by Gasteiger charge is -2.07. The number of rotatable bonds is 4. The first kappa shape index (κ1) is 16.8. The van der Waals surface area contributed by atoms with Crippen LogP contribution >= 0.6 is 0 Å². The number of hydrogen-bond donors (Lipinski definition) is 2. The Bertz CT molecular complexity index is 897. The zero-order valence-electron chi connectivity index (χ0n) is 13.0. The zero-order valence-corrected chi connectivity index (χ0v) is 13.8. The second kappa shape index (κ2) is 5.88. The number of aromatic nitrogens is 1. The summed E-state index contributed by atoms with van der Waals surface area (Å²) >= 11 is 0. The summed E-state index contributed by atoms with van der Waals surface area (Å²) < 4.78 is 27.8. The number of aryl methyl sites for hydroxylation is 3. The Kier molecular flexibility index (Phi) is 4.28. The third-order valence-corrected chi connectivity index (χ3v) is 4.84. The van der Waals surface area contributed by atoms with E-state index in [0.717, 1.165) is 17.2 Å². The first-order chi connectivity index (χ1) is 10.6. The molecule has 1 heterocycles. The summed E-state index contributed by atoms with van der Waals surface area (Å²) in [7, 11) is -2.60. The topological polar surface area (TPSA) is 111 Å². The molecule has 1 aromatic carbocycles. The van der Waals surface area contributed by atoms with Gasteiger partial charge in [0.05, 0.1) is 0 Å². The van der Waals surface area contributed by atoms with Gasteiger partial charge in [0.2, 0.25) is 0 Å². The van der Waals surface area contributed by atoms with E-state index in [2.05, 4.69) is 0 Å². The highest BCUT2D eigenvalue weighted by Gasteiger charge is 2.22. The molecule has 23 heavy (non-hydrogen) atoms. The van der Waals surface area contributed by atoms with E-state index in [4.69, 9.17) is 5.73 Å². The Labute approximate surface area is 134 Å². The normalized spacial score (nSPS) is 11.3. The minimum atomic E-state index is -4.09. The number of carbonyl (C=O) groups excluding carboxylic acids is 2. The van der Waals surface area contributed by atoms with E-state index < -0.39 is 21.8 Å². The number of primary amides is 1. The first-order valence-electron chi connectivity index (χ1n) is 6.72. The second-order valence-corrected chi connectivity index (χ2v) is 6.95. The number of amides is 2. The van der Waals surface area contributed by atoms with Crippen LogP contribution in [-0.4, -0.2) is 24.8 Å². The quantitative estimate of drug-likeness (QED) is 0.863. The standard InChI is InChI=1S/C15H17N3O4S/c1-9-4-5-11(6-10(9)2)15(20)17-23(21,22)12-7-13(14(16)19)18(3)8-12/h4-8H,1-3H3,(H2,16,19)(H,17,20). The molecule has 8 heteroatoms. The van der Waals surface area contributed by atoms with Gasteiger partial charge in [0, 0.05) is 18.8 Å². The summed E-state index contributed by atoms with van der Waals surface area (Å²) in [5.41, 5.74) is 7.30. The monoisotopic (exact) mass is 335 g/mol. The molecule has 0 aliphatic carbocycles. The van der Waals surface area contributed by atoms with Crippen LogP contribution in [0, 0.1) is 13.8 Å². The van der Waals surface area contributed by atoms with Gasteiger partial charge < -0.3 is 10.3 Å². The number of nitrogens with two attached hydrogens (primary N) is 1. The van der Waals surface area contributed by atoms with Gasteiger partial charge in [-0.15, -0.1) is 0 Å². The van der Waals surface area contributed by atoms with Crippen molar-refractivity contribution in [2.75, 3.05) is 0 Å². The highest BCUT2D eigenvalue weighted by atomic mass is 32.2. The van der Waals surface area contributed by atoms with Gasteiger partial charge in [-0.2, -0.15) is 0 Å². The fourth-order valence-electron chi connectivity index (χ4n) is 2.05. The van der Waals surface area contributed by atoms with E-state index in [1.54, 1.807) is 18.2 Å². The molecule has 0 saturated carbocycles. The number of nitrogens with one attached hydrogen (secondary N) is 1. The Balaban J connectivity index is 2.30. The number of nitrogens with zero attached hydrogens (tertiary/aromatic N) is 1. The van der Waals surface area contributed by atoms with E-state index in [9.17, 15) is 18.0 Å². The lowest BCUT2D eigenvalue weighted by Crippen LogP contribution is -2.30. The van der Waals surface area contributed by atoms with E-state index in [-0.39, 0.29) is 16.2 Å². The molecule has 0 radical (unpaired) electrons. The Morgan fingerprint density at radius 1 is 1.13 bits per heavy atom. The van der Waals surface area contributed by atoms with Crippen LogP contribution in [-0.2, 0) is 17.1 Å². The molecule has 2 amide bonds. The molecular formula is C15H17N3O4S. The van der Waals surface area contributed by atoms with Gasteiger partial charge in [-0.3, -0.25) is 9.59 Å². The fraction of sp³-hybridized carbons (Fsp3) is 0.200. The van der Waals surface area contributed by atoms with E-state index >= 15 is 0 Å². The molecule has 1 aromatic heterocycles. The summed E-state index contributed by atoms with van der Waals surface area (Å²) in [5, 5.41) is 0. The largest absolute Gasteiger partial charge is 0.364 e. The van der Waals surface area contributed by atoms with Crippen molar-refractivity contribution in [3.05, 3.63) is 52.8 Å².